The van der Waals surface area contributed by atoms with Gasteiger partial charge in [0.2, 0.25) is 0 Å². The Balaban J connectivity index is 2.76. The molecule has 3 nitrogen and oxygen atoms in total. The van der Waals surface area contributed by atoms with Crippen LogP contribution in [0.2, 0.25) is 0 Å². The molecule has 0 saturated carbocycles. The lowest BCUT2D eigenvalue weighted by molar-refractivity contribution is 0.508. The standard InChI is InChI=1S/C14H21N3/c1-13(2,3)10-9-11-15-7-8-17(11)12(16-10)14(4,5)6/h7-9H,1-6H3. The van der Waals surface area contributed by atoms with Gasteiger partial charge in [0.15, 0.2) is 0 Å². The first kappa shape index (κ1) is 12.1. The Morgan fingerprint density at radius 2 is 1.65 bits per heavy atom. The number of aromatic nitrogens is 3. The average Bonchev–Trinajstić information content (AvgIpc) is 2.59. The molecule has 0 unspecified atom stereocenters. The van der Waals surface area contributed by atoms with E-state index in [0.717, 1.165) is 17.2 Å². The van der Waals surface area contributed by atoms with Crippen LogP contribution in [0.25, 0.3) is 5.65 Å². The maximum absolute atomic E-state index is 4.84. The summed E-state index contributed by atoms with van der Waals surface area (Å²) in [7, 11) is 0. The Labute approximate surface area is 103 Å². The lowest BCUT2D eigenvalue weighted by Gasteiger charge is -2.24. The van der Waals surface area contributed by atoms with Crippen LogP contribution in [0.4, 0.5) is 0 Å². The molecular weight excluding hydrogens is 210 g/mol. The van der Waals surface area contributed by atoms with E-state index in [2.05, 4.69) is 57.0 Å². The van der Waals surface area contributed by atoms with E-state index in [0.29, 0.717) is 0 Å². The number of hydrogen-bond acceptors (Lipinski definition) is 2. The van der Waals surface area contributed by atoms with Gasteiger partial charge in [0, 0.05) is 29.3 Å². The molecule has 3 heteroatoms. The van der Waals surface area contributed by atoms with E-state index in [4.69, 9.17) is 4.98 Å². The van der Waals surface area contributed by atoms with Crippen LogP contribution in [0, 0.1) is 0 Å². The van der Waals surface area contributed by atoms with E-state index in [-0.39, 0.29) is 10.8 Å². The van der Waals surface area contributed by atoms with Crippen molar-refractivity contribution in [2.24, 2.45) is 0 Å². The van der Waals surface area contributed by atoms with Gasteiger partial charge < -0.3 is 0 Å². The van der Waals surface area contributed by atoms with Gasteiger partial charge in [-0.3, -0.25) is 4.40 Å². The monoisotopic (exact) mass is 231 g/mol. The summed E-state index contributed by atoms with van der Waals surface area (Å²) in [6.45, 7) is 13.1. The molecule has 0 aliphatic heterocycles. The molecule has 92 valence electrons. The van der Waals surface area contributed by atoms with Gasteiger partial charge >= 0.3 is 0 Å². The molecule has 2 aromatic heterocycles. The first-order valence-corrected chi connectivity index (χ1v) is 6.05. The highest BCUT2D eigenvalue weighted by molar-refractivity contribution is 5.42. The third kappa shape index (κ3) is 2.19. The SMILES string of the molecule is CC(C)(C)c1cc2nccn2c(C(C)(C)C)n1. The molecule has 2 aromatic rings. The van der Waals surface area contributed by atoms with Gasteiger partial charge in [-0.1, -0.05) is 41.5 Å². The lowest BCUT2D eigenvalue weighted by atomic mass is 9.90. The highest BCUT2D eigenvalue weighted by Crippen LogP contribution is 2.26. The first-order valence-electron chi connectivity index (χ1n) is 6.05. The molecule has 0 aliphatic carbocycles. The van der Waals surface area contributed by atoms with Gasteiger partial charge in [-0.2, -0.15) is 0 Å². The van der Waals surface area contributed by atoms with Crippen molar-refractivity contribution in [2.75, 3.05) is 0 Å². The van der Waals surface area contributed by atoms with Gasteiger partial charge in [-0.05, 0) is 0 Å². The normalized spacial score (nSPS) is 13.3. The zero-order valence-electron chi connectivity index (χ0n) is 11.6. The molecule has 0 radical (unpaired) electrons. The van der Waals surface area contributed by atoms with Crippen LogP contribution in [0.15, 0.2) is 18.5 Å². The van der Waals surface area contributed by atoms with Crippen LogP contribution >= 0.6 is 0 Å². The van der Waals surface area contributed by atoms with Crippen LogP contribution in [0.5, 0.6) is 0 Å². The second-order valence-corrected chi connectivity index (χ2v) is 6.62. The molecule has 17 heavy (non-hydrogen) atoms. The van der Waals surface area contributed by atoms with Gasteiger partial charge in [0.1, 0.15) is 11.5 Å². The Hall–Kier alpha value is -1.38. The fourth-order valence-electron chi connectivity index (χ4n) is 1.84. The molecule has 0 atom stereocenters. The molecule has 0 spiro atoms. The maximum atomic E-state index is 4.84. The van der Waals surface area contributed by atoms with Crippen molar-refractivity contribution >= 4 is 5.65 Å². The van der Waals surface area contributed by atoms with Crippen LogP contribution < -0.4 is 0 Å². The number of hydrogen-bond donors (Lipinski definition) is 0. The van der Waals surface area contributed by atoms with Crippen LogP contribution in [-0.4, -0.2) is 14.4 Å². The average molecular weight is 231 g/mol. The summed E-state index contributed by atoms with van der Waals surface area (Å²) < 4.78 is 2.08. The molecule has 0 amide bonds. The zero-order valence-corrected chi connectivity index (χ0v) is 11.6. The van der Waals surface area contributed by atoms with Crippen molar-refractivity contribution in [1.29, 1.82) is 0 Å². The number of nitrogens with zero attached hydrogens (tertiary/aromatic N) is 3. The van der Waals surface area contributed by atoms with Crippen LogP contribution in [0.3, 0.4) is 0 Å². The molecule has 2 rings (SSSR count). The quantitative estimate of drug-likeness (QED) is 0.696. The van der Waals surface area contributed by atoms with E-state index in [1.807, 2.05) is 12.4 Å². The van der Waals surface area contributed by atoms with Crippen LogP contribution in [0.1, 0.15) is 53.1 Å². The van der Waals surface area contributed by atoms with Crippen molar-refractivity contribution in [2.45, 2.75) is 52.4 Å². The van der Waals surface area contributed by atoms with Gasteiger partial charge in [0.25, 0.3) is 0 Å². The zero-order chi connectivity index (χ0) is 12.8. The largest absolute Gasteiger partial charge is 0.287 e. The highest BCUT2D eigenvalue weighted by atomic mass is 15.1. The summed E-state index contributed by atoms with van der Waals surface area (Å²) >= 11 is 0. The molecule has 0 N–H and O–H groups in total. The Morgan fingerprint density at radius 3 is 2.18 bits per heavy atom. The molecule has 0 aromatic carbocycles. The predicted octanol–water partition coefficient (Wildman–Crippen LogP) is 3.32. The van der Waals surface area contributed by atoms with Crippen molar-refractivity contribution in [1.82, 2.24) is 14.4 Å². The topological polar surface area (TPSA) is 30.2 Å². The van der Waals surface area contributed by atoms with E-state index in [1.54, 1.807) is 0 Å². The summed E-state index contributed by atoms with van der Waals surface area (Å²) in [5.41, 5.74) is 2.14. The summed E-state index contributed by atoms with van der Waals surface area (Å²) in [4.78, 5) is 9.23. The second-order valence-electron chi connectivity index (χ2n) is 6.62. The van der Waals surface area contributed by atoms with E-state index < -0.39 is 0 Å². The highest BCUT2D eigenvalue weighted by Gasteiger charge is 2.24. The lowest BCUT2D eigenvalue weighted by Crippen LogP contribution is -2.23. The van der Waals surface area contributed by atoms with Crippen molar-refractivity contribution < 1.29 is 0 Å². The molecular formula is C14H21N3. The smallest absolute Gasteiger partial charge is 0.139 e. The number of rotatable bonds is 0. The van der Waals surface area contributed by atoms with Crippen molar-refractivity contribution in [3.8, 4) is 0 Å². The fraction of sp³-hybridized carbons (Fsp3) is 0.571. The Morgan fingerprint density at radius 1 is 1.00 bits per heavy atom. The minimum Gasteiger partial charge on any atom is -0.287 e. The predicted molar refractivity (Wildman–Crippen MR) is 70.4 cm³/mol. The third-order valence-electron chi connectivity index (χ3n) is 2.83. The molecule has 0 saturated heterocycles. The first-order chi connectivity index (χ1) is 7.69. The minimum atomic E-state index is 0.0141. The molecule has 2 heterocycles. The fourth-order valence-corrected chi connectivity index (χ4v) is 1.84. The van der Waals surface area contributed by atoms with Gasteiger partial charge in [0.05, 0.1) is 5.69 Å². The van der Waals surface area contributed by atoms with Crippen molar-refractivity contribution in [3.05, 3.63) is 30.0 Å². The molecule has 0 fully saturated rings. The van der Waals surface area contributed by atoms with Gasteiger partial charge in [-0.25, -0.2) is 9.97 Å². The van der Waals surface area contributed by atoms with E-state index in [9.17, 15) is 0 Å². The van der Waals surface area contributed by atoms with E-state index >= 15 is 0 Å². The summed E-state index contributed by atoms with van der Waals surface area (Å²) in [6, 6.07) is 2.08. The molecule has 0 bridgehead atoms. The Kier molecular flexibility index (Phi) is 2.53. The number of fused-ring (bicyclic) bond motifs is 1. The minimum absolute atomic E-state index is 0.0141. The second kappa shape index (κ2) is 3.56. The molecule has 0 aliphatic rings. The van der Waals surface area contributed by atoms with Crippen molar-refractivity contribution in [3.63, 3.8) is 0 Å². The Bertz CT molecular complexity index is 539. The maximum Gasteiger partial charge on any atom is 0.139 e. The van der Waals surface area contributed by atoms with Gasteiger partial charge in [-0.15, -0.1) is 0 Å². The summed E-state index contributed by atoms with van der Waals surface area (Å²) in [5, 5.41) is 0. The third-order valence-corrected chi connectivity index (χ3v) is 2.83. The van der Waals surface area contributed by atoms with Crippen LogP contribution in [-0.2, 0) is 10.8 Å². The summed E-state index contributed by atoms with van der Waals surface area (Å²) in [6.07, 6.45) is 3.81. The number of imidazole rings is 1. The summed E-state index contributed by atoms with van der Waals surface area (Å²) in [5.74, 6) is 1.07. The van der Waals surface area contributed by atoms with E-state index in [1.165, 1.54) is 0 Å².